The predicted molar refractivity (Wildman–Crippen MR) is 279 cm³/mol. The maximum Gasteiger partial charge on any atom is 0.101 e. The Balaban J connectivity index is 1.20. The molecule has 6 nitrogen and oxygen atoms in total. The molecule has 0 aliphatic rings. The van der Waals surface area contributed by atoms with Crippen molar-refractivity contribution in [3.63, 3.8) is 0 Å². The Morgan fingerprint density at radius 3 is 1.00 bits per heavy atom. The summed E-state index contributed by atoms with van der Waals surface area (Å²) in [5.74, 6) is 0. The van der Waals surface area contributed by atoms with Crippen molar-refractivity contribution in [2.45, 2.75) is 0 Å². The van der Waals surface area contributed by atoms with Gasteiger partial charge < -0.3 is 18.3 Å². The number of fused-ring (bicyclic) bond motifs is 14. The number of benzene rings is 10. The first-order chi connectivity index (χ1) is 33.7. The molecule has 14 rings (SSSR count). The van der Waals surface area contributed by atoms with Crippen LogP contribution in [0.1, 0.15) is 11.1 Å². The second-order valence-corrected chi connectivity index (χ2v) is 17.4. The molecule has 0 aliphatic heterocycles. The van der Waals surface area contributed by atoms with E-state index >= 15 is 0 Å². The quantitative estimate of drug-likeness (QED) is 0.173. The third-order valence-corrected chi connectivity index (χ3v) is 14.0. The summed E-state index contributed by atoms with van der Waals surface area (Å²) in [6.45, 7) is 0. The van der Waals surface area contributed by atoms with Crippen LogP contribution in [0.5, 0.6) is 0 Å². The van der Waals surface area contributed by atoms with Gasteiger partial charge in [0.05, 0.1) is 72.7 Å². The van der Waals surface area contributed by atoms with Gasteiger partial charge in [0.25, 0.3) is 0 Å². The van der Waals surface area contributed by atoms with E-state index in [1.807, 2.05) is 18.2 Å². The second kappa shape index (κ2) is 14.4. The Morgan fingerprint density at radius 2 is 0.603 bits per heavy atom. The Hall–Kier alpha value is -9.62. The lowest BCUT2D eigenvalue weighted by Crippen LogP contribution is -2.10. The van der Waals surface area contributed by atoms with Gasteiger partial charge in [-0.25, -0.2) is 0 Å². The van der Waals surface area contributed by atoms with E-state index < -0.39 is 0 Å². The highest BCUT2D eigenvalue weighted by atomic mass is 15.1. The third-order valence-electron chi connectivity index (χ3n) is 14.0. The number of hydrogen-bond acceptors (Lipinski definition) is 2. The molecule has 0 N–H and O–H groups in total. The largest absolute Gasteiger partial charge is 0.309 e. The number of para-hydroxylation sites is 6. The molecule has 0 saturated carbocycles. The normalized spacial score (nSPS) is 11.8. The zero-order chi connectivity index (χ0) is 45.0. The van der Waals surface area contributed by atoms with E-state index in [4.69, 9.17) is 0 Å². The lowest BCUT2D eigenvalue weighted by Gasteiger charge is -2.23. The monoisotopic (exact) mass is 864 g/mol. The summed E-state index contributed by atoms with van der Waals surface area (Å²) in [6.07, 6.45) is 0. The van der Waals surface area contributed by atoms with E-state index in [0.717, 1.165) is 115 Å². The molecule has 0 aliphatic carbocycles. The molecule has 68 heavy (non-hydrogen) atoms. The summed E-state index contributed by atoms with van der Waals surface area (Å²) in [4.78, 5) is 0. The van der Waals surface area contributed by atoms with Crippen LogP contribution in [0.3, 0.4) is 0 Å². The molecular formula is C62H36N6. The SMILES string of the molecule is N#Cc1cc(C#N)c(-n2c3ccccc3c3c4c5ccccc5n(-c5ccccc5)c4ccc32)c(-n2c3ccccc3c3c4c5ccccc5n(-c5ccccc5)c4ccc32)c1-c1ccccc1. The van der Waals surface area contributed by atoms with Crippen molar-refractivity contribution in [2.24, 2.45) is 0 Å². The molecule has 314 valence electrons. The number of rotatable bonds is 5. The van der Waals surface area contributed by atoms with E-state index in [1.54, 1.807) is 6.07 Å². The lowest BCUT2D eigenvalue weighted by molar-refractivity contribution is 1.09. The molecule has 0 spiro atoms. The number of nitriles is 2. The molecule has 0 saturated heterocycles. The van der Waals surface area contributed by atoms with Gasteiger partial charge in [-0.2, -0.15) is 10.5 Å². The Kier molecular flexibility index (Phi) is 8.01. The van der Waals surface area contributed by atoms with Crippen molar-refractivity contribution >= 4 is 87.2 Å². The van der Waals surface area contributed by atoms with E-state index in [-0.39, 0.29) is 0 Å². The highest BCUT2D eigenvalue weighted by Gasteiger charge is 2.30. The molecule has 6 heteroatoms. The Bertz CT molecular complexity index is 4500. The average Bonchev–Trinajstić information content (AvgIpc) is 4.13. The van der Waals surface area contributed by atoms with E-state index in [0.29, 0.717) is 16.8 Å². The standard InChI is InChI=1S/C62H36N6/c63-37-40-36-41(38-64)61(67-50-30-16-12-26-46(50)59-54(67)34-32-52-57(59)44-24-10-14-28-48(44)65(52)42-20-6-2-7-21-42)62(56(40)39-18-4-1-5-19-39)68-51-31-17-13-27-47(51)60-55(68)35-33-53-58(60)45-25-11-15-29-49(45)66(53)43-22-8-3-9-23-43/h1-36H. The molecule has 4 aromatic heterocycles. The van der Waals surface area contributed by atoms with Crippen LogP contribution in [0, 0.1) is 22.7 Å². The topological polar surface area (TPSA) is 67.3 Å². The first kappa shape index (κ1) is 37.7. The van der Waals surface area contributed by atoms with Gasteiger partial charge in [0.1, 0.15) is 6.07 Å². The third kappa shape index (κ3) is 5.09. The maximum atomic E-state index is 11.5. The minimum atomic E-state index is 0.401. The van der Waals surface area contributed by atoms with Crippen LogP contribution < -0.4 is 0 Å². The first-order valence-electron chi connectivity index (χ1n) is 22.8. The van der Waals surface area contributed by atoms with Crippen LogP contribution in [0.2, 0.25) is 0 Å². The molecule has 0 fully saturated rings. The molecule has 0 amide bonds. The molecule has 0 atom stereocenters. The van der Waals surface area contributed by atoms with Crippen LogP contribution in [-0.4, -0.2) is 18.3 Å². The van der Waals surface area contributed by atoms with Gasteiger partial charge in [0, 0.05) is 60.0 Å². The fourth-order valence-electron chi connectivity index (χ4n) is 11.4. The molecule has 14 aromatic rings. The van der Waals surface area contributed by atoms with Crippen molar-refractivity contribution < 1.29 is 0 Å². The Labute approximate surface area is 389 Å². The van der Waals surface area contributed by atoms with Gasteiger partial charge in [0.15, 0.2) is 0 Å². The Morgan fingerprint density at radius 1 is 0.279 bits per heavy atom. The van der Waals surface area contributed by atoms with Gasteiger partial charge in [-0.3, -0.25) is 0 Å². The predicted octanol–water partition coefficient (Wildman–Crippen LogP) is 15.5. The van der Waals surface area contributed by atoms with E-state index in [2.05, 4.69) is 225 Å². The summed E-state index contributed by atoms with van der Waals surface area (Å²) >= 11 is 0. The highest BCUT2D eigenvalue weighted by molar-refractivity contribution is 6.31. The summed E-state index contributed by atoms with van der Waals surface area (Å²) < 4.78 is 9.33. The van der Waals surface area contributed by atoms with Crippen molar-refractivity contribution in [1.29, 1.82) is 10.5 Å². The first-order valence-corrected chi connectivity index (χ1v) is 22.8. The molecule has 4 heterocycles. The summed E-state index contributed by atoms with van der Waals surface area (Å²) in [5.41, 5.74) is 14.4. The number of nitrogens with zero attached hydrogens (tertiary/aromatic N) is 6. The van der Waals surface area contributed by atoms with E-state index in [1.165, 1.54) is 0 Å². The number of hydrogen-bond donors (Lipinski definition) is 0. The van der Waals surface area contributed by atoms with E-state index in [9.17, 15) is 10.5 Å². The second-order valence-electron chi connectivity index (χ2n) is 17.4. The molecule has 0 radical (unpaired) electrons. The lowest BCUT2D eigenvalue weighted by atomic mass is 9.93. The van der Waals surface area contributed by atoms with Gasteiger partial charge in [-0.05, 0) is 84.4 Å². The van der Waals surface area contributed by atoms with Crippen LogP contribution in [0.4, 0.5) is 0 Å². The van der Waals surface area contributed by atoms with Crippen LogP contribution in [0.15, 0.2) is 218 Å². The zero-order valence-electron chi connectivity index (χ0n) is 36.5. The van der Waals surface area contributed by atoms with Gasteiger partial charge in [0.2, 0.25) is 0 Å². The summed E-state index contributed by atoms with van der Waals surface area (Å²) in [7, 11) is 0. The highest BCUT2D eigenvalue weighted by Crippen LogP contribution is 2.49. The maximum absolute atomic E-state index is 11.5. The molecule has 0 bridgehead atoms. The molecule has 10 aromatic carbocycles. The molecular weight excluding hydrogens is 829 g/mol. The van der Waals surface area contributed by atoms with Gasteiger partial charge in [-0.15, -0.1) is 0 Å². The minimum Gasteiger partial charge on any atom is -0.309 e. The average molecular weight is 865 g/mol. The summed E-state index contributed by atoms with van der Waals surface area (Å²) in [6, 6.07) is 81.6. The fourth-order valence-corrected chi connectivity index (χ4v) is 11.4. The van der Waals surface area contributed by atoms with Gasteiger partial charge in [-0.1, -0.05) is 140 Å². The smallest absolute Gasteiger partial charge is 0.101 e. The molecule has 0 unspecified atom stereocenters. The van der Waals surface area contributed by atoms with Crippen molar-refractivity contribution in [3.05, 3.63) is 230 Å². The van der Waals surface area contributed by atoms with Crippen LogP contribution in [-0.2, 0) is 0 Å². The van der Waals surface area contributed by atoms with Crippen molar-refractivity contribution in [1.82, 2.24) is 18.3 Å². The van der Waals surface area contributed by atoms with Gasteiger partial charge >= 0.3 is 0 Å². The number of aromatic nitrogens is 4. The van der Waals surface area contributed by atoms with Crippen molar-refractivity contribution in [2.75, 3.05) is 0 Å². The van der Waals surface area contributed by atoms with Crippen LogP contribution in [0.25, 0.3) is 121 Å². The summed E-state index contributed by atoms with van der Waals surface area (Å²) in [5, 5.41) is 31.7. The van der Waals surface area contributed by atoms with Crippen LogP contribution >= 0.6 is 0 Å². The van der Waals surface area contributed by atoms with Crippen molar-refractivity contribution in [3.8, 4) is 46.0 Å². The zero-order valence-corrected chi connectivity index (χ0v) is 36.5. The minimum absolute atomic E-state index is 0.401. The fraction of sp³-hybridized carbons (Fsp3) is 0.